The molecule has 0 amide bonds. The molecule has 118 valence electrons. The van der Waals surface area contributed by atoms with E-state index in [4.69, 9.17) is 5.73 Å². The van der Waals surface area contributed by atoms with Crippen LogP contribution in [0.5, 0.6) is 0 Å². The van der Waals surface area contributed by atoms with Crippen molar-refractivity contribution < 1.29 is 0 Å². The van der Waals surface area contributed by atoms with Gasteiger partial charge in [0.05, 0.1) is 0 Å². The van der Waals surface area contributed by atoms with Gasteiger partial charge in [-0.3, -0.25) is 4.90 Å². The highest BCUT2D eigenvalue weighted by Gasteiger charge is 2.44. The Balaban J connectivity index is 2.00. The molecule has 1 heterocycles. The number of nitrogens with two attached hydrogens (primary N) is 1. The summed E-state index contributed by atoms with van der Waals surface area (Å²) in [7, 11) is 6.78. The van der Waals surface area contributed by atoms with Gasteiger partial charge in [0.2, 0.25) is 0 Å². The summed E-state index contributed by atoms with van der Waals surface area (Å²) in [5.41, 5.74) is 6.83. The standard InChI is InChI=1S/C16H34N4/c1-5-20-11-9-15(13-17,10-12-20)19(4)14-16(18(2)3)7-6-8-16/h5-14,17H2,1-4H3. The molecule has 4 heteroatoms. The maximum Gasteiger partial charge on any atom is 0.0353 e. The molecule has 20 heavy (non-hydrogen) atoms. The third-order valence-electron chi connectivity index (χ3n) is 6.19. The van der Waals surface area contributed by atoms with E-state index in [0.717, 1.165) is 6.54 Å². The van der Waals surface area contributed by atoms with Crippen molar-refractivity contribution >= 4 is 0 Å². The first-order valence-corrected chi connectivity index (χ1v) is 8.29. The summed E-state index contributed by atoms with van der Waals surface area (Å²) in [5.74, 6) is 0. The zero-order valence-corrected chi connectivity index (χ0v) is 14.0. The Labute approximate surface area is 125 Å². The van der Waals surface area contributed by atoms with Gasteiger partial charge in [0.1, 0.15) is 0 Å². The van der Waals surface area contributed by atoms with Crippen LogP contribution in [-0.2, 0) is 0 Å². The minimum absolute atomic E-state index is 0.226. The van der Waals surface area contributed by atoms with Crippen LogP contribution in [0.2, 0.25) is 0 Å². The van der Waals surface area contributed by atoms with Gasteiger partial charge < -0.3 is 15.5 Å². The van der Waals surface area contributed by atoms with E-state index in [1.165, 1.54) is 58.3 Å². The molecule has 1 saturated carbocycles. The van der Waals surface area contributed by atoms with Gasteiger partial charge in [-0.2, -0.15) is 0 Å². The number of rotatable bonds is 6. The molecule has 0 aromatic heterocycles. The van der Waals surface area contributed by atoms with Crippen molar-refractivity contribution in [3.63, 3.8) is 0 Å². The molecule has 2 fully saturated rings. The number of hydrogen-bond donors (Lipinski definition) is 1. The van der Waals surface area contributed by atoms with Crippen LogP contribution in [0.3, 0.4) is 0 Å². The molecule has 2 rings (SSSR count). The second-order valence-electron chi connectivity index (χ2n) is 7.19. The van der Waals surface area contributed by atoms with E-state index in [1.54, 1.807) is 0 Å². The summed E-state index contributed by atoms with van der Waals surface area (Å²) in [6.07, 6.45) is 6.50. The molecule has 4 nitrogen and oxygen atoms in total. The van der Waals surface area contributed by atoms with Crippen LogP contribution in [0.15, 0.2) is 0 Å². The highest BCUT2D eigenvalue weighted by Crippen LogP contribution is 2.39. The molecule has 0 aromatic rings. The van der Waals surface area contributed by atoms with Crippen molar-refractivity contribution in [2.24, 2.45) is 5.73 Å². The number of likely N-dealkylation sites (N-methyl/N-ethyl adjacent to an activating group) is 2. The van der Waals surface area contributed by atoms with Gasteiger partial charge in [-0.1, -0.05) is 6.92 Å². The number of nitrogens with zero attached hydrogens (tertiary/aromatic N) is 3. The van der Waals surface area contributed by atoms with Crippen molar-refractivity contribution in [1.29, 1.82) is 0 Å². The molecule has 2 aliphatic rings. The van der Waals surface area contributed by atoms with E-state index in [1.807, 2.05) is 0 Å². The van der Waals surface area contributed by atoms with Crippen LogP contribution in [0.1, 0.15) is 39.0 Å². The fourth-order valence-corrected chi connectivity index (χ4v) is 3.97. The summed E-state index contributed by atoms with van der Waals surface area (Å²) in [4.78, 5) is 7.59. The van der Waals surface area contributed by atoms with E-state index in [2.05, 4.69) is 42.8 Å². The van der Waals surface area contributed by atoms with Gasteiger partial charge in [-0.25, -0.2) is 0 Å². The van der Waals surface area contributed by atoms with Crippen LogP contribution < -0.4 is 5.73 Å². The molecular weight excluding hydrogens is 248 g/mol. The number of likely N-dealkylation sites (tertiary alicyclic amines) is 1. The smallest absolute Gasteiger partial charge is 0.0353 e. The number of hydrogen-bond acceptors (Lipinski definition) is 4. The molecule has 0 bridgehead atoms. The van der Waals surface area contributed by atoms with Gasteiger partial charge in [-0.15, -0.1) is 0 Å². The zero-order valence-electron chi connectivity index (χ0n) is 14.0. The van der Waals surface area contributed by atoms with Crippen LogP contribution in [0.25, 0.3) is 0 Å². The molecule has 0 radical (unpaired) electrons. The Kier molecular flexibility index (Phi) is 5.11. The average Bonchev–Trinajstić information content (AvgIpc) is 2.42. The lowest BCUT2D eigenvalue weighted by molar-refractivity contribution is -0.0275. The average molecular weight is 282 g/mol. The SMILES string of the molecule is CCN1CCC(CN)(N(C)CC2(N(C)C)CCC2)CC1. The third kappa shape index (κ3) is 2.89. The van der Waals surface area contributed by atoms with Crippen LogP contribution in [-0.4, -0.2) is 79.6 Å². The largest absolute Gasteiger partial charge is 0.329 e. The molecule has 2 N–H and O–H groups in total. The molecule has 0 atom stereocenters. The molecule has 0 spiro atoms. The Hall–Kier alpha value is -0.160. The first-order chi connectivity index (χ1) is 9.48. The summed E-state index contributed by atoms with van der Waals surface area (Å²) in [6.45, 7) is 7.80. The Morgan fingerprint density at radius 3 is 1.95 bits per heavy atom. The quantitative estimate of drug-likeness (QED) is 0.794. The Morgan fingerprint density at radius 2 is 1.60 bits per heavy atom. The fraction of sp³-hybridized carbons (Fsp3) is 1.00. The van der Waals surface area contributed by atoms with E-state index in [-0.39, 0.29) is 5.54 Å². The first kappa shape index (κ1) is 16.2. The second kappa shape index (κ2) is 6.30. The van der Waals surface area contributed by atoms with Gasteiger partial charge in [0, 0.05) is 24.2 Å². The number of piperidine rings is 1. The third-order valence-corrected chi connectivity index (χ3v) is 6.19. The lowest BCUT2D eigenvalue weighted by atomic mass is 9.74. The molecular formula is C16H34N4. The summed E-state index contributed by atoms with van der Waals surface area (Å²) >= 11 is 0. The minimum Gasteiger partial charge on any atom is -0.329 e. The van der Waals surface area contributed by atoms with Crippen LogP contribution >= 0.6 is 0 Å². The molecule has 1 aliphatic carbocycles. The van der Waals surface area contributed by atoms with Crippen molar-refractivity contribution in [1.82, 2.24) is 14.7 Å². The monoisotopic (exact) mass is 282 g/mol. The highest BCUT2D eigenvalue weighted by atomic mass is 15.3. The van der Waals surface area contributed by atoms with Crippen LogP contribution in [0, 0.1) is 0 Å². The molecule has 0 unspecified atom stereocenters. The van der Waals surface area contributed by atoms with Crippen molar-refractivity contribution in [2.45, 2.75) is 50.1 Å². The van der Waals surface area contributed by atoms with Gasteiger partial charge >= 0.3 is 0 Å². The zero-order chi connectivity index (χ0) is 14.8. The van der Waals surface area contributed by atoms with Crippen molar-refractivity contribution in [3.8, 4) is 0 Å². The Bertz CT molecular complexity index is 304. The van der Waals surface area contributed by atoms with Gasteiger partial charge in [0.25, 0.3) is 0 Å². The summed E-state index contributed by atoms with van der Waals surface area (Å²) in [5, 5.41) is 0. The molecule has 1 saturated heterocycles. The predicted molar refractivity (Wildman–Crippen MR) is 86.0 cm³/mol. The van der Waals surface area contributed by atoms with E-state index in [9.17, 15) is 0 Å². The predicted octanol–water partition coefficient (Wildman–Crippen LogP) is 1.22. The highest BCUT2D eigenvalue weighted by molar-refractivity contribution is 5.03. The van der Waals surface area contributed by atoms with Crippen molar-refractivity contribution in [3.05, 3.63) is 0 Å². The maximum atomic E-state index is 6.21. The van der Waals surface area contributed by atoms with Crippen molar-refractivity contribution in [2.75, 3.05) is 53.9 Å². The molecule has 0 aromatic carbocycles. The van der Waals surface area contributed by atoms with Crippen LogP contribution in [0.4, 0.5) is 0 Å². The normalized spacial score (nSPS) is 25.9. The van der Waals surface area contributed by atoms with E-state index >= 15 is 0 Å². The topological polar surface area (TPSA) is 35.7 Å². The Morgan fingerprint density at radius 1 is 1.00 bits per heavy atom. The van der Waals surface area contributed by atoms with E-state index in [0.29, 0.717) is 5.54 Å². The van der Waals surface area contributed by atoms with E-state index < -0.39 is 0 Å². The second-order valence-corrected chi connectivity index (χ2v) is 7.19. The lowest BCUT2D eigenvalue weighted by Crippen LogP contribution is -2.64. The fourth-order valence-electron chi connectivity index (χ4n) is 3.97. The summed E-state index contributed by atoms with van der Waals surface area (Å²) in [6, 6.07) is 0. The lowest BCUT2D eigenvalue weighted by Gasteiger charge is -2.54. The van der Waals surface area contributed by atoms with Gasteiger partial charge in [0.15, 0.2) is 0 Å². The minimum atomic E-state index is 0.226. The first-order valence-electron chi connectivity index (χ1n) is 8.29. The van der Waals surface area contributed by atoms with Gasteiger partial charge in [-0.05, 0) is 72.9 Å². The maximum absolute atomic E-state index is 6.21. The molecule has 1 aliphatic heterocycles. The summed E-state index contributed by atoms with van der Waals surface area (Å²) < 4.78 is 0.